The number of aromatic nitrogens is 3. The van der Waals surface area contributed by atoms with E-state index in [1.54, 1.807) is 0 Å². The average molecular weight is 454 g/mol. The summed E-state index contributed by atoms with van der Waals surface area (Å²) < 4.78 is 5.43. The maximum absolute atomic E-state index is 12.9. The number of amides is 1. The molecule has 3 aliphatic heterocycles. The smallest absolute Gasteiger partial charge is 0.289 e. The van der Waals surface area contributed by atoms with Crippen molar-refractivity contribution in [3.63, 3.8) is 0 Å². The number of piperidine rings is 1. The topological polar surface area (TPSA) is 86.7 Å². The van der Waals surface area contributed by atoms with Gasteiger partial charge in [0.05, 0.1) is 24.4 Å². The molecule has 3 saturated heterocycles. The molecule has 9 nitrogen and oxygen atoms in total. The Morgan fingerprint density at radius 3 is 2.39 bits per heavy atom. The number of pyridine rings is 1. The van der Waals surface area contributed by atoms with Gasteiger partial charge < -0.3 is 24.8 Å². The fourth-order valence-electron chi connectivity index (χ4n) is 5.06. The summed E-state index contributed by atoms with van der Waals surface area (Å²) in [5, 5.41) is 3.16. The van der Waals surface area contributed by atoms with Gasteiger partial charge in [-0.3, -0.25) is 4.79 Å². The highest BCUT2D eigenvalue weighted by atomic mass is 16.5. The van der Waals surface area contributed by atoms with Gasteiger partial charge in [0, 0.05) is 45.3 Å². The number of morpholine rings is 1. The van der Waals surface area contributed by atoms with E-state index in [4.69, 9.17) is 9.72 Å². The molecular weight excluding hydrogens is 418 g/mol. The number of likely N-dealkylation sites (tertiary alicyclic amines) is 2. The fraction of sp³-hybridized carbons (Fsp3) is 0.667. The van der Waals surface area contributed by atoms with E-state index in [-0.39, 0.29) is 17.8 Å². The number of nitrogens with one attached hydrogen (secondary N) is 1. The van der Waals surface area contributed by atoms with Crippen LogP contribution in [0.15, 0.2) is 12.1 Å². The monoisotopic (exact) mass is 453 g/mol. The summed E-state index contributed by atoms with van der Waals surface area (Å²) in [7, 11) is 0. The molecule has 0 radical (unpaired) electrons. The van der Waals surface area contributed by atoms with E-state index in [1.807, 2.05) is 19.1 Å². The van der Waals surface area contributed by atoms with E-state index in [0.29, 0.717) is 18.7 Å². The Labute approximate surface area is 195 Å². The predicted octanol–water partition coefficient (Wildman–Crippen LogP) is 1.46. The van der Waals surface area contributed by atoms with E-state index in [9.17, 15) is 4.79 Å². The molecule has 2 aromatic rings. The van der Waals surface area contributed by atoms with Crippen LogP contribution >= 0.6 is 0 Å². The summed E-state index contributed by atoms with van der Waals surface area (Å²) in [6.45, 7) is 11.9. The normalized spacial score (nSPS) is 21.1. The minimum absolute atomic E-state index is 0.182. The molecule has 9 heteroatoms. The second-order valence-electron chi connectivity index (χ2n) is 9.41. The number of carbonyl (C=O) groups excluding carboxylic acids is 1. The van der Waals surface area contributed by atoms with E-state index in [1.165, 1.54) is 32.5 Å². The van der Waals surface area contributed by atoms with Gasteiger partial charge in [0.1, 0.15) is 11.3 Å². The molecule has 0 spiro atoms. The Morgan fingerprint density at radius 2 is 1.67 bits per heavy atom. The zero-order valence-corrected chi connectivity index (χ0v) is 19.6. The molecule has 33 heavy (non-hydrogen) atoms. The van der Waals surface area contributed by atoms with E-state index >= 15 is 0 Å². The third-order valence-electron chi connectivity index (χ3n) is 7.09. The van der Waals surface area contributed by atoms with Gasteiger partial charge in [0.15, 0.2) is 0 Å². The number of carbonyl (C=O) groups is 1. The molecule has 1 N–H and O–H groups in total. The Morgan fingerprint density at radius 1 is 0.970 bits per heavy atom. The van der Waals surface area contributed by atoms with Crippen LogP contribution in [0, 0.1) is 6.92 Å². The molecule has 178 valence electrons. The minimum atomic E-state index is -0.187. The Balaban J connectivity index is 1.17. The van der Waals surface area contributed by atoms with Gasteiger partial charge in [-0.25, -0.2) is 15.0 Å². The first kappa shape index (κ1) is 22.4. The van der Waals surface area contributed by atoms with Crippen molar-refractivity contribution >= 4 is 22.8 Å². The van der Waals surface area contributed by atoms with Crippen LogP contribution in [0.3, 0.4) is 0 Å². The number of rotatable bonds is 6. The number of nitrogens with zero attached hydrogens (tertiary/aromatic N) is 6. The van der Waals surface area contributed by atoms with Crippen molar-refractivity contribution in [1.29, 1.82) is 0 Å². The van der Waals surface area contributed by atoms with Crippen molar-refractivity contribution in [3.05, 3.63) is 23.7 Å². The van der Waals surface area contributed by atoms with Crippen LogP contribution in [0.2, 0.25) is 0 Å². The third-order valence-corrected chi connectivity index (χ3v) is 7.09. The maximum Gasteiger partial charge on any atom is 0.289 e. The molecule has 0 aromatic carbocycles. The van der Waals surface area contributed by atoms with Crippen LogP contribution in [-0.4, -0.2) is 102 Å². The van der Waals surface area contributed by atoms with Crippen LogP contribution in [0.25, 0.3) is 11.0 Å². The van der Waals surface area contributed by atoms with Gasteiger partial charge in [-0.1, -0.05) is 0 Å². The van der Waals surface area contributed by atoms with Crippen molar-refractivity contribution in [2.45, 2.75) is 38.6 Å². The van der Waals surface area contributed by atoms with E-state index in [2.05, 4.69) is 30.0 Å². The van der Waals surface area contributed by atoms with Gasteiger partial charge in [0.2, 0.25) is 5.82 Å². The van der Waals surface area contributed by atoms with Crippen LogP contribution in [0.1, 0.15) is 42.0 Å². The van der Waals surface area contributed by atoms with Crippen molar-refractivity contribution in [2.75, 3.05) is 70.5 Å². The van der Waals surface area contributed by atoms with Crippen molar-refractivity contribution in [1.82, 2.24) is 30.1 Å². The average Bonchev–Trinajstić information content (AvgIpc) is 3.38. The number of hydrogen-bond acceptors (Lipinski definition) is 8. The molecular formula is C24H35N7O2. The van der Waals surface area contributed by atoms with Crippen LogP contribution in [0.4, 0.5) is 5.82 Å². The van der Waals surface area contributed by atoms with E-state index in [0.717, 1.165) is 62.6 Å². The summed E-state index contributed by atoms with van der Waals surface area (Å²) >= 11 is 0. The Kier molecular flexibility index (Phi) is 6.99. The van der Waals surface area contributed by atoms with E-state index < -0.39 is 0 Å². The SMILES string of the molecule is Cc1nc(C(=O)NC2CCN(CCN3CCCC3)CC2)nc2ccc(N3CCOCC3)nc12. The molecule has 3 aliphatic rings. The number of anilines is 1. The third kappa shape index (κ3) is 5.42. The van der Waals surface area contributed by atoms with Crippen LogP contribution in [0.5, 0.6) is 0 Å². The first-order chi connectivity index (χ1) is 16.2. The molecule has 0 saturated carbocycles. The first-order valence-electron chi connectivity index (χ1n) is 12.4. The zero-order chi connectivity index (χ0) is 22.6. The van der Waals surface area contributed by atoms with Crippen LogP contribution in [-0.2, 0) is 4.74 Å². The summed E-state index contributed by atoms with van der Waals surface area (Å²) in [5.74, 6) is 0.955. The highest BCUT2D eigenvalue weighted by Crippen LogP contribution is 2.20. The number of hydrogen-bond donors (Lipinski definition) is 1. The number of ether oxygens (including phenoxy) is 1. The lowest BCUT2D eigenvalue weighted by Crippen LogP contribution is -2.46. The molecule has 2 aromatic heterocycles. The lowest BCUT2D eigenvalue weighted by Gasteiger charge is -2.33. The zero-order valence-electron chi connectivity index (χ0n) is 19.6. The predicted molar refractivity (Wildman–Crippen MR) is 128 cm³/mol. The highest BCUT2D eigenvalue weighted by molar-refractivity contribution is 5.93. The van der Waals surface area contributed by atoms with Gasteiger partial charge >= 0.3 is 0 Å². The van der Waals surface area contributed by atoms with Crippen molar-refractivity contribution in [3.8, 4) is 0 Å². The Hall–Kier alpha value is -2.36. The summed E-state index contributed by atoms with van der Waals surface area (Å²) in [6, 6.07) is 4.10. The molecule has 0 unspecified atom stereocenters. The standard InChI is InChI=1S/C24H35N7O2/c1-18-22-20(4-5-21(28-22)31-14-16-33-17-15-31)27-23(25-18)24(32)26-19-6-10-30(11-7-19)13-12-29-8-2-3-9-29/h4-5,19H,2-3,6-17H2,1H3,(H,26,32). The lowest BCUT2D eigenvalue weighted by molar-refractivity contribution is 0.0897. The quantitative estimate of drug-likeness (QED) is 0.704. The van der Waals surface area contributed by atoms with Crippen LogP contribution < -0.4 is 10.2 Å². The largest absolute Gasteiger partial charge is 0.378 e. The second-order valence-corrected chi connectivity index (χ2v) is 9.41. The molecule has 5 heterocycles. The van der Waals surface area contributed by atoms with Gasteiger partial charge in [0.25, 0.3) is 5.91 Å². The van der Waals surface area contributed by atoms with Crippen molar-refractivity contribution < 1.29 is 9.53 Å². The molecule has 3 fully saturated rings. The molecule has 5 rings (SSSR count). The summed E-state index contributed by atoms with van der Waals surface area (Å²) in [5.41, 5.74) is 2.19. The maximum atomic E-state index is 12.9. The molecule has 0 atom stereocenters. The minimum Gasteiger partial charge on any atom is -0.378 e. The lowest BCUT2D eigenvalue weighted by atomic mass is 10.0. The van der Waals surface area contributed by atoms with Gasteiger partial charge in [-0.05, 0) is 57.8 Å². The first-order valence-corrected chi connectivity index (χ1v) is 12.4. The molecule has 1 amide bonds. The number of fused-ring (bicyclic) bond motifs is 1. The molecule has 0 aliphatic carbocycles. The second kappa shape index (κ2) is 10.3. The number of aryl methyl sites for hydroxylation is 1. The summed E-state index contributed by atoms with van der Waals surface area (Å²) in [6.07, 6.45) is 4.64. The Bertz CT molecular complexity index is 965. The van der Waals surface area contributed by atoms with Gasteiger partial charge in [-0.2, -0.15) is 0 Å². The molecule has 0 bridgehead atoms. The highest BCUT2D eigenvalue weighted by Gasteiger charge is 2.24. The van der Waals surface area contributed by atoms with Gasteiger partial charge in [-0.15, -0.1) is 0 Å². The summed E-state index contributed by atoms with van der Waals surface area (Å²) in [4.78, 5) is 34.0. The fourth-order valence-corrected chi connectivity index (χ4v) is 5.06. The van der Waals surface area contributed by atoms with Crippen molar-refractivity contribution in [2.24, 2.45) is 0 Å².